The summed E-state index contributed by atoms with van der Waals surface area (Å²) in [5.41, 5.74) is 0.101. The lowest BCUT2D eigenvalue weighted by Gasteiger charge is -2.41. The molecule has 1 rings (SSSR count). The van der Waals surface area contributed by atoms with Gasteiger partial charge in [0.1, 0.15) is 5.54 Å². The molecule has 3 nitrogen and oxygen atoms in total. The largest absolute Gasteiger partial charge is 0.303 e. The Balaban J connectivity index is 2.50. The molecule has 0 radical (unpaired) electrons. The summed E-state index contributed by atoms with van der Waals surface area (Å²) >= 11 is 0. The maximum atomic E-state index is 9.18. The molecular formula is C14H27N3. The zero-order valence-electron chi connectivity index (χ0n) is 12.0. The van der Waals surface area contributed by atoms with Crippen molar-refractivity contribution in [2.45, 2.75) is 58.5 Å². The molecule has 1 heterocycles. The molecule has 0 bridgehead atoms. The second-order valence-electron chi connectivity index (χ2n) is 6.45. The molecular weight excluding hydrogens is 210 g/mol. The van der Waals surface area contributed by atoms with Gasteiger partial charge in [0, 0.05) is 6.04 Å². The lowest BCUT2D eigenvalue weighted by molar-refractivity contribution is 0.0890. The van der Waals surface area contributed by atoms with Crippen molar-refractivity contribution < 1.29 is 0 Å². The Morgan fingerprint density at radius 2 is 1.94 bits per heavy atom. The number of nitriles is 1. The van der Waals surface area contributed by atoms with Gasteiger partial charge < -0.3 is 10.2 Å². The van der Waals surface area contributed by atoms with Crippen LogP contribution in [0.3, 0.4) is 0 Å². The number of hydrogen-bond donors (Lipinski definition) is 1. The van der Waals surface area contributed by atoms with Crippen LogP contribution in [0.15, 0.2) is 0 Å². The van der Waals surface area contributed by atoms with Gasteiger partial charge in [0.05, 0.1) is 6.07 Å². The van der Waals surface area contributed by atoms with E-state index in [4.69, 9.17) is 0 Å². The molecule has 1 aliphatic rings. The highest BCUT2D eigenvalue weighted by molar-refractivity contribution is 5.04. The van der Waals surface area contributed by atoms with Crippen LogP contribution < -0.4 is 5.32 Å². The van der Waals surface area contributed by atoms with Gasteiger partial charge in [-0.1, -0.05) is 13.8 Å². The number of likely N-dealkylation sites (tertiary alicyclic amines) is 1. The minimum Gasteiger partial charge on any atom is -0.303 e. The average molecular weight is 237 g/mol. The van der Waals surface area contributed by atoms with E-state index in [2.05, 4.69) is 37.1 Å². The summed E-state index contributed by atoms with van der Waals surface area (Å²) in [4.78, 5) is 2.53. The molecule has 2 unspecified atom stereocenters. The molecule has 0 amide bonds. The summed E-state index contributed by atoms with van der Waals surface area (Å²) in [6.45, 7) is 11.3. The third-order valence-electron chi connectivity index (χ3n) is 4.28. The smallest absolute Gasteiger partial charge is 0.105 e. The molecule has 0 saturated carbocycles. The fourth-order valence-corrected chi connectivity index (χ4v) is 2.49. The highest BCUT2D eigenvalue weighted by atomic mass is 15.2. The van der Waals surface area contributed by atoms with Gasteiger partial charge in [-0.2, -0.15) is 5.26 Å². The van der Waals surface area contributed by atoms with E-state index in [1.54, 1.807) is 0 Å². The minimum atomic E-state index is -0.396. The van der Waals surface area contributed by atoms with Gasteiger partial charge in [-0.05, 0) is 58.7 Å². The van der Waals surface area contributed by atoms with E-state index in [1.807, 2.05) is 14.0 Å². The van der Waals surface area contributed by atoms with Crippen molar-refractivity contribution in [2.24, 2.45) is 5.41 Å². The van der Waals surface area contributed by atoms with E-state index >= 15 is 0 Å². The van der Waals surface area contributed by atoms with E-state index in [9.17, 15) is 5.26 Å². The first-order chi connectivity index (χ1) is 7.82. The highest BCUT2D eigenvalue weighted by Gasteiger charge is 2.31. The van der Waals surface area contributed by atoms with Crippen LogP contribution in [0.25, 0.3) is 0 Å². The van der Waals surface area contributed by atoms with Crippen molar-refractivity contribution >= 4 is 0 Å². The van der Waals surface area contributed by atoms with Gasteiger partial charge in [-0.3, -0.25) is 0 Å². The van der Waals surface area contributed by atoms with Crippen molar-refractivity contribution in [2.75, 3.05) is 20.1 Å². The van der Waals surface area contributed by atoms with Gasteiger partial charge in [0.25, 0.3) is 0 Å². The maximum Gasteiger partial charge on any atom is 0.105 e. The van der Waals surface area contributed by atoms with E-state index < -0.39 is 5.54 Å². The quantitative estimate of drug-likeness (QED) is 0.816. The van der Waals surface area contributed by atoms with Gasteiger partial charge in [-0.15, -0.1) is 0 Å². The summed E-state index contributed by atoms with van der Waals surface area (Å²) in [6, 6.07) is 2.85. The molecule has 1 aliphatic heterocycles. The van der Waals surface area contributed by atoms with E-state index in [-0.39, 0.29) is 0 Å². The van der Waals surface area contributed by atoms with Gasteiger partial charge in [0.15, 0.2) is 0 Å². The van der Waals surface area contributed by atoms with Crippen molar-refractivity contribution in [3.05, 3.63) is 0 Å². The second-order valence-corrected chi connectivity index (χ2v) is 6.45. The molecule has 2 atom stereocenters. The van der Waals surface area contributed by atoms with Crippen LogP contribution in [0.1, 0.15) is 47.0 Å². The topological polar surface area (TPSA) is 39.1 Å². The zero-order valence-corrected chi connectivity index (χ0v) is 12.0. The molecule has 1 N–H and O–H groups in total. The van der Waals surface area contributed by atoms with Crippen LogP contribution in [0.2, 0.25) is 0 Å². The molecule has 0 aromatic heterocycles. The van der Waals surface area contributed by atoms with Crippen LogP contribution >= 0.6 is 0 Å². The summed E-state index contributed by atoms with van der Waals surface area (Å²) in [7, 11) is 1.87. The standard InChI is InChI=1S/C14H27N3/c1-12(10-14(4,11-15)16-5)17-8-6-13(2,3)7-9-17/h12,16H,6-10H2,1-5H3. The van der Waals surface area contributed by atoms with Gasteiger partial charge in [0.2, 0.25) is 0 Å². The lowest BCUT2D eigenvalue weighted by atomic mass is 9.81. The summed E-state index contributed by atoms with van der Waals surface area (Å²) in [5.74, 6) is 0. The predicted molar refractivity (Wildman–Crippen MR) is 71.7 cm³/mol. The lowest BCUT2D eigenvalue weighted by Crippen LogP contribution is -2.48. The van der Waals surface area contributed by atoms with Gasteiger partial charge >= 0.3 is 0 Å². The van der Waals surface area contributed by atoms with Gasteiger partial charge in [-0.25, -0.2) is 0 Å². The normalized spacial score (nSPS) is 25.9. The molecule has 3 heteroatoms. The van der Waals surface area contributed by atoms with Crippen LogP contribution in [0, 0.1) is 16.7 Å². The Kier molecular flexibility index (Phi) is 4.57. The number of piperidine rings is 1. The molecule has 1 fully saturated rings. The maximum absolute atomic E-state index is 9.18. The average Bonchev–Trinajstić information content (AvgIpc) is 2.28. The minimum absolute atomic E-state index is 0.396. The first kappa shape index (κ1) is 14.5. The molecule has 0 aromatic rings. The van der Waals surface area contributed by atoms with Crippen molar-refractivity contribution in [1.82, 2.24) is 10.2 Å². The van der Waals surface area contributed by atoms with Crippen LogP contribution in [-0.4, -0.2) is 36.6 Å². The molecule has 98 valence electrons. The van der Waals surface area contributed by atoms with Crippen LogP contribution in [0.5, 0.6) is 0 Å². The van der Waals surface area contributed by atoms with Crippen molar-refractivity contribution in [3.63, 3.8) is 0 Å². The fraction of sp³-hybridized carbons (Fsp3) is 0.929. The second kappa shape index (κ2) is 5.37. The van der Waals surface area contributed by atoms with Crippen LogP contribution in [0.4, 0.5) is 0 Å². The molecule has 1 saturated heterocycles. The molecule has 0 aromatic carbocycles. The molecule has 0 aliphatic carbocycles. The number of rotatable bonds is 4. The fourth-order valence-electron chi connectivity index (χ4n) is 2.49. The Morgan fingerprint density at radius 3 is 2.35 bits per heavy atom. The number of nitrogens with one attached hydrogen (secondary N) is 1. The summed E-state index contributed by atoms with van der Waals surface area (Å²) in [6.07, 6.45) is 3.42. The Labute approximate surface area is 106 Å². The SMILES string of the molecule is CNC(C)(C#N)CC(C)N1CCC(C)(C)CC1. The first-order valence-corrected chi connectivity index (χ1v) is 6.66. The number of hydrogen-bond acceptors (Lipinski definition) is 3. The van der Waals surface area contributed by atoms with E-state index in [0.29, 0.717) is 11.5 Å². The Bertz CT molecular complexity index is 282. The summed E-state index contributed by atoms with van der Waals surface area (Å²) in [5, 5.41) is 12.3. The van der Waals surface area contributed by atoms with Crippen LogP contribution in [-0.2, 0) is 0 Å². The number of nitrogens with zero attached hydrogens (tertiary/aromatic N) is 2. The predicted octanol–water partition coefficient (Wildman–Crippen LogP) is 2.39. The van der Waals surface area contributed by atoms with E-state index in [0.717, 1.165) is 6.42 Å². The zero-order chi connectivity index (χ0) is 13.1. The Morgan fingerprint density at radius 1 is 1.41 bits per heavy atom. The van der Waals surface area contributed by atoms with E-state index in [1.165, 1.54) is 25.9 Å². The third-order valence-corrected chi connectivity index (χ3v) is 4.28. The third kappa shape index (κ3) is 3.97. The monoisotopic (exact) mass is 237 g/mol. The van der Waals surface area contributed by atoms with Crippen molar-refractivity contribution in [1.29, 1.82) is 5.26 Å². The summed E-state index contributed by atoms with van der Waals surface area (Å²) < 4.78 is 0. The highest BCUT2D eigenvalue weighted by Crippen LogP contribution is 2.31. The van der Waals surface area contributed by atoms with Crippen molar-refractivity contribution in [3.8, 4) is 6.07 Å². The molecule has 17 heavy (non-hydrogen) atoms. The first-order valence-electron chi connectivity index (χ1n) is 6.66. The molecule has 0 spiro atoms. The Hall–Kier alpha value is -0.590.